The van der Waals surface area contributed by atoms with Crippen LogP contribution in [0.5, 0.6) is 0 Å². The Hall–Kier alpha value is -0.930. The predicted octanol–water partition coefficient (Wildman–Crippen LogP) is 1.85. The van der Waals surface area contributed by atoms with Crippen LogP contribution in [0.4, 0.5) is 11.4 Å². The molecule has 0 saturated carbocycles. The van der Waals surface area contributed by atoms with Crippen molar-refractivity contribution in [1.29, 1.82) is 0 Å². The van der Waals surface area contributed by atoms with E-state index in [4.69, 9.17) is 23.1 Å². The van der Waals surface area contributed by atoms with Gasteiger partial charge in [-0.25, -0.2) is 0 Å². The molecule has 0 atom stereocenters. The van der Waals surface area contributed by atoms with Crippen LogP contribution in [0.2, 0.25) is 5.02 Å². The summed E-state index contributed by atoms with van der Waals surface area (Å²) < 4.78 is 0. The van der Waals surface area contributed by atoms with Crippen molar-refractivity contribution in [3.05, 3.63) is 23.2 Å². The van der Waals surface area contributed by atoms with Gasteiger partial charge >= 0.3 is 0 Å². The molecule has 0 aromatic heterocycles. The van der Waals surface area contributed by atoms with E-state index in [9.17, 15) is 0 Å². The third-order valence-corrected chi connectivity index (χ3v) is 3.10. The molecule has 2 rings (SSSR count). The fraction of sp³-hybridized carbons (Fsp3) is 0.455. The Labute approximate surface area is 95.0 Å². The molecule has 0 aliphatic carbocycles. The number of hydrogen-bond donors (Lipinski definition) is 2. The Kier molecular flexibility index (Phi) is 3.03. The van der Waals surface area contributed by atoms with Crippen molar-refractivity contribution in [2.75, 3.05) is 23.7 Å². The molecule has 1 saturated heterocycles. The minimum Gasteiger partial charge on any atom is -0.397 e. The summed E-state index contributed by atoms with van der Waals surface area (Å²) in [7, 11) is 0. The lowest BCUT2D eigenvalue weighted by atomic mass is 10.1. The van der Waals surface area contributed by atoms with E-state index < -0.39 is 0 Å². The molecular weight excluding hydrogens is 210 g/mol. The highest BCUT2D eigenvalue weighted by Gasteiger charge is 2.17. The van der Waals surface area contributed by atoms with Gasteiger partial charge in [-0.15, -0.1) is 0 Å². The van der Waals surface area contributed by atoms with Crippen molar-refractivity contribution in [2.24, 2.45) is 5.73 Å². The standard InChI is InChI=1S/C11H16ClN3/c12-8-1-2-11(10(14)7-8)15-5-3-9(13)4-6-15/h1-2,7,9H,3-6,13-14H2. The SMILES string of the molecule is Nc1cc(Cl)ccc1N1CCC(N)CC1. The van der Waals surface area contributed by atoms with Crippen molar-refractivity contribution < 1.29 is 0 Å². The van der Waals surface area contributed by atoms with Gasteiger partial charge in [0.1, 0.15) is 0 Å². The third-order valence-electron chi connectivity index (χ3n) is 2.87. The first-order chi connectivity index (χ1) is 7.16. The molecule has 1 aliphatic rings. The molecule has 1 fully saturated rings. The van der Waals surface area contributed by atoms with Gasteiger partial charge in [-0.3, -0.25) is 0 Å². The lowest BCUT2D eigenvalue weighted by molar-refractivity contribution is 0.501. The number of benzene rings is 1. The van der Waals surface area contributed by atoms with E-state index in [1.54, 1.807) is 6.07 Å². The molecule has 1 aromatic rings. The smallest absolute Gasteiger partial charge is 0.0600 e. The maximum atomic E-state index is 5.93. The predicted molar refractivity (Wildman–Crippen MR) is 65.3 cm³/mol. The maximum Gasteiger partial charge on any atom is 0.0600 e. The Balaban J connectivity index is 2.15. The van der Waals surface area contributed by atoms with Gasteiger partial charge in [0.25, 0.3) is 0 Å². The largest absolute Gasteiger partial charge is 0.397 e. The van der Waals surface area contributed by atoms with Gasteiger partial charge in [-0.05, 0) is 31.0 Å². The monoisotopic (exact) mass is 225 g/mol. The summed E-state index contributed by atoms with van der Waals surface area (Å²) in [5.41, 5.74) is 13.6. The van der Waals surface area contributed by atoms with Gasteiger partial charge in [0, 0.05) is 24.2 Å². The molecular formula is C11H16ClN3. The second-order valence-electron chi connectivity index (χ2n) is 4.03. The van der Waals surface area contributed by atoms with E-state index in [-0.39, 0.29) is 0 Å². The number of halogens is 1. The summed E-state index contributed by atoms with van der Waals surface area (Å²) >= 11 is 5.86. The lowest BCUT2D eigenvalue weighted by Crippen LogP contribution is -2.39. The van der Waals surface area contributed by atoms with Gasteiger partial charge in [0.05, 0.1) is 11.4 Å². The van der Waals surface area contributed by atoms with Crippen molar-refractivity contribution >= 4 is 23.0 Å². The van der Waals surface area contributed by atoms with Crippen molar-refractivity contribution in [3.63, 3.8) is 0 Å². The number of piperidine rings is 1. The van der Waals surface area contributed by atoms with Gasteiger partial charge in [0.2, 0.25) is 0 Å². The van der Waals surface area contributed by atoms with E-state index in [0.29, 0.717) is 11.1 Å². The van der Waals surface area contributed by atoms with E-state index in [0.717, 1.165) is 37.3 Å². The summed E-state index contributed by atoms with van der Waals surface area (Å²) in [6.45, 7) is 1.96. The van der Waals surface area contributed by atoms with Crippen LogP contribution in [-0.4, -0.2) is 19.1 Å². The van der Waals surface area contributed by atoms with Crippen LogP contribution in [0.1, 0.15) is 12.8 Å². The molecule has 0 spiro atoms. The minimum absolute atomic E-state index is 0.342. The summed E-state index contributed by atoms with van der Waals surface area (Å²) in [6.07, 6.45) is 2.06. The van der Waals surface area contributed by atoms with E-state index in [1.807, 2.05) is 12.1 Å². The molecule has 1 aromatic carbocycles. The molecule has 4 N–H and O–H groups in total. The molecule has 0 radical (unpaired) electrons. The average molecular weight is 226 g/mol. The highest BCUT2D eigenvalue weighted by Crippen LogP contribution is 2.28. The molecule has 3 nitrogen and oxygen atoms in total. The Morgan fingerprint density at radius 1 is 1.27 bits per heavy atom. The van der Waals surface area contributed by atoms with Gasteiger partial charge in [0.15, 0.2) is 0 Å². The number of nitrogens with two attached hydrogens (primary N) is 2. The molecule has 0 bridgehead atoms. The number of rotatable bonds is 1. The first-order valence-electron chi connectivity index (χ1n) is 5.22. The van der Waals surface area contributed by atoms with Crippen LogP contribution in [0.15, 0.2) is 18.2 Å². The molecule has 1 heterocycles. The lowest BCUT2D eigenvalue weighted by Gasteiger charge is -2.32. The molecule has 1 aliphatic heterocycles. The number of anilines is 2. The average Bonchev–Trinajstić information content (AvgIpc) is 2.20. The summed E-state index contributed by atoms with van der Waals surface area (Å²) in [5.74, 6) is 0. The molecule has 0 amide bonds. The molecule has 82 valence electrons. The van der Waals surface area contributed by atoms with Crippen molar-refractivity contribution in [2.45, 2.75) is 18.9 Å². The van der Waals surface area contributed by atoms with E-state index in [2.05, 4.69) is 4.90 Å². The zero-order valence-corrected chi connectivity index (χ0v) is 9.37. The van der Waals surface area contributed by atoms with Crippen LogP contribution >= 0.6 is 11.6 Å². The Morgan fingerprint density at radius 2 is 1.93 bits per heavy atom. The van der Waals surface area contributed by atoms with Crippen LogP contribution in [0.3, 0.4) is 0 Å². The summed E-state index contributed by atoms with van der Waals surface area (Å²) in [6, 6.07) is 6.00. The van der Waals surface area contributed by atoms with Crippen LogP contribution in [0, 0.1) is 0 Å². The van der Waals surface area contributed by atoms with Crippen LogP contribution < -0.4 is 16.4 Å². The fourth-order valence-electron chi connectivity index (χ4n) is 1.95. The van der Waals surface area contributed by atoms with Crippen LogP contribution in [0.25, 0.3) is 0 Å². The van der Waals surface area contributed by atoms with Gasteiger partial charge < -0.3 is 16.4 Å². The molecule has 0 unspecified atom stereocenters. The normalized spacial score (nSPS) is 18.1. The first kappa shape index (κ1) is 10.6. The summed E-state index contributed by atoms with van der Waals surface area (Å²) in [4.78, 5) is 2.27. The number of nitrogen functional groups attached to an aromatic ring is 1. The van der Waals surface area contributed by atoms with Crippen molar-refractivity contribution in [1.82, 2.24) is 0 Å². The zero-order valence-electron chi connectivity index (χ0n) is 8.62. The molecule has 15 heavy (non-hydrogen) atoms. The maximum absolute atomic E-state index is 5.93. The van der Waals surface area contributed by atoms with Gasteiger partial charge in [-0.2, -0.15) is 0 Å². The van der Waals surface area contributed by atoms with E-state index in [1.165, 1.54) is 0 Å². The molecule has 4 heteroatoms. The zero-order chi connectivity index (χ0) is 10.8. The topological polar surface area (TPSA) is 55.3 Å². The van der Waals surface area contributed by atoms with Gasteiger partial charge in [-0.1, -0.05) is 11.6 Å². The number of hydrogen-bond acceptors (Lipinski definition) is 3. The Bertz CT molecular complexity index is 346. The highest BCUT2D eigenvalue weighted by molar-refractivity contribution is 6.31. The minimum atomic E-state index is 0.342. The fourth-order valence-corrected chi connectivity index (χ4v) is 2.13. The number of nitrogens with zero attached hydrogens (tertiary/aromatic N) is 1. The second-order valence-corrected chi connectivity index (χ2v) is 4.46. The second kappa shape index (κ2) is 4.29. The highest BCUT2D eigenvalue weighted by atomic mass is 35.5. The van der Waals surface area contributed by atoms with Crippen LogP contribution in [-0.2, 0) is 0 Å². The third kappa shape index (κ3) is 2.36. The van der Waals surface area contributed by atoms with E-state index >= 15 is 0 Å². The Morgan fingerprint density at radius 3 is 2.53 bits per heavy atom. The summed E-state index contributed by atoms with van der Waals surface area (Å²) in [5, 5.41) is 0.685. The van der Waals surface area contributed by atoms with Crippen molar-refractivity contribution in [3.8, 4) is 0 Å². The first-order valence-corrected chi connectivity index (χ1v) is 5.60. The quantitative estimate of drug-likeness (QED) is 0.718.